The van der Waals surface area contributed by atoms with Crippen LogP contribution in [-0.2, 0) is 17.8 Å². The maximum Gasteiger partial charge on any atom is 0.333 e. The summed E-state index contributed by atoms with van der Waals surface area (Å²) in [5, 5.41) is 26.8. The number of aryl methyl sites for hydroxylation is 1. The molecular weight excluding hydrogens is 423 g/mol. The summed E-state index contributed by atoms with van der Waals surface area (Å²) in [4.78, 5) is 29.8. The van der Waals surface area contributed by atoms with Crippen molar-refractivity contribution in [2.45, 2.75) is 45.7 Å². The Bertz CT molecular complexity index is 1170. The molecule has 32 heavy (non-hydrogen) atoms. The molecule has 0 aliphatic carbocycles. The number of aromatic nitrogens is 6. The summed E-state index contributed by atoms with van der Waals surface area (Å²) in [6.07, 6.45) is 2.71. The van der Waals surface area contributed by atoms with Crippen molar-refractivity contribution in [3.05, 3.63) is 74.3 Å². The van der Waals surface area contributed by atoms with Gasteiger partial charge in [0, 0.05) is 24.4 Å². The van der Waals surface area contributed by atoms with E-state index in [0.29, 0.717) is 17.0 Å². The van der Waals surface area contributed by atoms with E-state index in [1.165, 1.54) is 33.8 Å². The van der Waals surface area contributed by atoms with Crippen LogP contribution >= 0.6 is 0 Å². The molecule has 0 aliphatic rings. The first-order valence-electron chi connectivity index (χ1n) is 10.0. The molecule has 3 aromatic rings. The van der Waals surface area contributed by atoms with E-state index < -0.39 is 29.4 Å². The molecule has 172 valence electrons. The second-order valence-electron chi connectivity index (χ2n) is 7.40. The summed E-state index contributed by atoms with van der Waals surface area (Å²) < 4.78 is 22.5. The predicted molar refractivity (Wildman–Crippen MR) is 110 cm³/mol. The maximum atomic E-state index is 13.3. The van der Waals surface area contributed by atoms with Crippen LogP contribution in [-0.4, -0.2) is 58.6 Å². The van der Waals surface area contributed by atoms with Crippen LogP contribution in [0.15, 0.2) is 40.3 Å². The minimum Gasteiger partial charge on any atom is -0.394 e. The molecule has 11 nitrogen and oxygen atoms in total. The van der Waals surface area contributed by atoms with Gasteiger partial charge in [0.25, 0.3) is 5.56 Å². The first-order valence-corrected chi connectivity index (χ1v) is 10.0. The van der Waals surface area contributed by atoms with E-state index in [0.717, 1.165) is 4.57 Å². The normalized spacial score (nSPS) is 13.3. The van der Waals surface area contributed by atoms with Gasteiger partial charge in [0.2, 0.25) is 0 Å². The lowest BCUT2D eigenvalue weighted by atomic mass is 10.2. The predicted octanol–water partition coefficient (Wildman–Crippen LogP) is -0.181. The first-order chi connectivity index (χ1) is 15.3. The molecule has 2 N–H and O–H groups in total. The van der Waals surface area contributed by atoms with Crippen molar-refractivity contribution in [3.8, 4) is 0 Å². The van der Waals surface area contributed by atoms with Gasteiger partial charge in [0.1, 0.15) is 17.7 Å². The van der Waals surface area contributed by atoms with Gasteiger partial charge in [-0.15, -0.1) is 5.10 Å². The molecule has 0 saturated carbocycles. The van der Waals surface area contributed by atoms with Gasteiger partial charge in [-0.1, -0.05) is 5.21 Å². The second kappa shape index (κ2) is 10.4. The van der Waals surface area contributed by atoms with E-state index in [4.69, 9.17) is 9.84 Å². The molecule has 0 spiro atoms. The van der Waals surface area contributed by atoms with Crippen molar-refractivity contribution in [2.24, 2.45) is 0 Å². The van der Waals surface area contributed by atoms with Crippen LogP contribution in [0.4, 0.5) is 4.39 Å². The molecule has 1 unspecified atom stereocenters. The smallest absolute Gasteiger partial charge is 0.333 e. The number of hydrogen-bond acceptors (Lipinski definition) is 8. The lowest BCUT2D eigenvalue weighted by molar-refractivity contribution is -0.0435. The highest BCUT2D eigenvalue weighted by Crippen LogP contribution is 2.14. The Hall–Kier alpha value is -3.22. The molecule has 0 amide bonds. The zero-order chi connectivity index (χ0) is 23.3. The highest BCUT2D eigenvalue weighted by molar-refractivity contribution is 5.08. The van der Waals surface area contributed by atoms with Crippen molar-refractivity contribution in [1.29, 1.82) is 0 Å². The van der Waals surface area contributed by atoms with Crippen molar-refractivity contribution >= 4 is 0 Å². The number of ether oxygens (including phenoxy) is 1. The molecule has 0 radical (unpaired) electrons. The van der Waals surface area contributed by atoms with Gasteiger partial charge in [-0.2, -0.15) is 0 Å². The molecular formula is C20H25FN6O5. The molecule has 12 heteroatoms. The first kappa shape index (κ1) is 23.4. The number of aliphatic hydroxyl groups excluding tert-OH is 2. The summed E-state index contributed by atoms with van der Waals surface area (Å²) in [6.45, 7) is 2.85. The van der Waals surface area contributed by atoms with Crippen LogP contribution in [0.5, 0.6) is 0 Å². The van der Waals surface area contributed by atoms with Crippen LogP contribution in [0.3, 0.4) is 0 Å². The Morgan fingerprint density at radius 1 is 1.22 bits per heavy atom. The van der Waals surface area contributed by atoms with Gasteiger partial charge in [0.05, 0.1) is 44.3 Å². The third kappa shape index (κ3) is 5.72. The van der Waals surface area contributed by atoms with Crippen molar-refractivity contribution in [1.82, 2.24) is 29.1 Å². The summed E-state index contributed by atoms with van der Waals surface area (Å²) >= 11 is 0. The van der Waals surface area contributed by atoms with Crippen molar-refractivity contribution in [2.75, 3.05) is 13.2 Å². The minimum atomic E-state index is -0.866. The van der Waals surface area contributed by atoms with Crippen LogP contribution in [0.2, 0.25) is 0 Å². The van der Waals surface area contributed by atoms with Gasteiger partial charge < -0.3 is 14.9 Å². The van der Waals surface area contributed by atoms with Crippen molar-refractivity contribution in [3.63, 3.8) is 0 Å². The molecule has 3 aromatic heterocycles. The SMILES string of the molecule is Cc1cn(C(C[C@@H](C)O)OCCO)c(=O)n(Cc2cn(Cc3cc(F)ccn3)nn2)c1=O. The van der Waals surface area contributed by atoms with E-state index in [1.807, 2.05) is 0 Å². The van der Waals surface area contributed by atoms with Crippen LogP contribution in [0.25, 0.3) is 0 Å². The average Bonchev–Trinajstić information content (AvgIpc) is 3.18. The summed E-state index contributed by atoms with van der Waals surface area (Å²) in [5.41, 5.74) is -0.0557. The Balaban J connectivity index is 1.89. The Labute approximate surface area is 182 Å². The zero-order valence-electron chi connectivity index (χ0n) is 17.8. The van der Waals surface area contributed by atoms with Gasteiger partial charge in [-0.25, -0.2) is 13.9 Å². The molecule has 3 rings (SSSR count). The van der Waals surface area contributed by atoms with Crippen molar-refractivity contribution < 1.29 is 19.3 Å². The molecule has 0 fully saturated rings. The Morgan fingerprint density at radius 2 is 2.00 bits per heavy atom. The Kier molecular flexibility index (Phi) is 7.62. The highest BCUT2D eigenvalue weighted by Gasteiger charge is 2.20. The highest BCUT2D eigenvalue weighted by atomic mass is 19.1. The fraction of sp³-hybridized carbons (Fsp3) is 0.450. The topological polar surface area (TPSA) is 137 Å². The lowest BCUT2D eigenvalue weighted by Gasteiger charge is -2.22. The third-order valence-corrected chi connectivity index (χ3v) is 4.63. The average molecular weight is 448 g/mol. The van der Waals surface area contributed by atoms with E-state index >= 15 is 0 Å². The number of hydrogen-bond donors (Lipinski definition) is 2. The van der Waals surface area contributed by atoms with Crippen LogP contribution in [0.1, 0.15) is 36.5 Å². The molecule has 0 aromatic carbocycles. The zero-order valence-corrected chi connectivity index (χ0v) is 17.8. The summed E-state index contributed by atoms with van der Waals surface area (Å²) in [7, 11) is 0. The molecule has 3 heterocycles. The fourth-order valence-corrected chi connectivity index (χ4v) is 3.20. The van der Waals surface area contributed by atoms with Gasteiger partial charge in [-0.05, 0) is 26.0 Å². The van der Waals surface area contributed by atoms with Gasteiger partial charge in [-0.3, -0.25) is 18.9 Å². The second-order valence-corrected chi connectivity index (χ2v) is 7.40. The van der Waals surface area contributed by atoms with E-state index in [1.54, 1.807) is 20.0 Å². The minimum absolute atomic E-state index is 0.0373. The molecule has 2 atom stereocenters. The van der Waals surface area contributed by atoms with E-state index in [9.17, 15) is 19.1 Å². The van der Waals surface area contributed by atoms with E-state index in [2.05, 4.69) is 15.3 Å². The number of pyridine rings is 1. The molecule has 0 bridgehead atoms. The third-order valence-electron chi connectivity index (χ3n) is 4.63. The number of halogens is 1. The van der Waals surface area contributed by atoms with Crippen LogP contribution < -0.4 is 11.2 Å². The number of aliphatic hydroxyl groups is 2. The maximum absolute atomic E-state index is 13.3. The quantitative estimate of drug-likeness (QED) is 0.436. The van der Waals surface area contributed by atoms with Gasteiger partial charge in [0.15, 0.2) is 0 Å². The Morgan fingerprint density at radius 3 is 2.69 bits per heavy atom. The fourth-order valence-electron chi connectivity index (χ4n) is 3.20. The molecule has 0 aliphatic heterocycles. The van der Waals surface area contributed by atoms with E-state index in [-0.39, 0.29) is 32.7 Å². The number of rotatable bonds is 10. The molecule has 0 saturated heterocycles. The monoisotopic (exact) mass is 448 g/mol. The summed E-state index contributed by atoms with van der Waals surface area (Å²) in [5.74, 6) is -0.419. The van der Waals surface area contributed by atoms with Crippen LogP contribution in [0, 0.1) is 12.7 Å². The summed E-state index contributed by atoms with van der Waals surface area (Å²) in [6, 6.07) is 2.51. The number of nitrogens with zero attached hydrogens (tertiary/aromatic N) is 6. The van der Waals surface area contributed by atoms with Gasteiger partial charge >= 0.3 is 5.69 Å². The largest absolute Gasteiger partial charge is 0.394 e. The lowest BCUT2D eigenvalue weighted by Crippen LogP contribution is -2.43. The standard InChI is InChI=1S/C20H25FN6O5/c1-13-9-26(18(7-14(2)29)32-6-5-28)20(31)27(19(13)30)12-17-11-25(24-23-17)10-16-8-15(21)3-4-22-16/h3-4,8-9,11,14,18,28-29H,5-7,10,12H2,1-2H3/t14-,18?/m1/s1.